The van der Waals surface area contributed by atoms with Gasteiger partial charge in [0, 0.05) is 6.07 Å². The first-order chi connectivity index (χ1) is 9.94. The summed E-state index contributed by atoms with van der Waals surface area (Å²) in [6, 6.07) is 3.46. The highest BCUT2D eigenvalue weighted by Crippen LogP contribution is 2.25. The lowest BCUT2D eigenvalue weighted by atomic mass is 10.0. The van der Waals surface area contributed by atoms with Gasteiger partial charge in [0.25, 0.3) is 0 Å². The van der Waals surface area contributed by atoms with Gasteiger partial charge in [-0.3, -0.25) is 0 Å². The monoisotopic (exact) mass is 298 g/mol. The van der Waals surface area contributed by atoms with E-state index in [9.17, 15) is 14.3 Å². The van der Waals surface area contributed by atoms with Crippen LogP contribution in [0.1, 0.15) is 33.6 Å². The number of halogens is 1. The lowest BCUT2D eigenvalue weighted by molar-refractivity contribution is 0.172. The number of benzene rings is 1. The normalized spacial score (nSPS) is 13.4. The summed E-state index contributed by atoms with van der Waals surface area (Å²) in [5, 5.41) is 14.6. The van der Waals surface area contributed by atoms with Crippen LogP contribution in [0, 0.1) is 5.82 Å². The van der Waals surface area contributed by atoms with Crippen LogP contribution in [0.2, 0.25) is 0 Å². The highest BCUT2D eigenvalue weighted by Gasteiger charge is 2.23. The Kier molecular flexibility index (Phi) is 6.42. The molecule has 1 unspecified atom stereocenters. The molecular formula is C15H23FN2O3. The van der Waals surface area contributed by atoms with Crippen LogP contribution in [0.15, 0.2) is 18.2 Å². The van der Waals surface area contributed by atoms with E-state index in [2.05, 4.69) is 10.6 Å². The molecule has 0 aromatic heterocycles. The number of aliphatic hydroxyl groups is 1. The number of ether oxygens (including phenoxy) is 1. The van der Waals surface area contributed by atoms with Crippen LogP contribution in [-0.2, 0) is 0 Å². The van der Waals surface area contributed by atoms with Gasteiger partial charge in [0.05, 0.1) is 24.4 Å². The van der Waals surface area contributed by atoms with Crippen molar-refractivity contribution < 1.29 is 19.0 Å². The molecular weight excluding hydrogens is 275 g/mol. The minimum atomic E-state index is -0.700. The topological polar surface area (TPSA) is 70.6 Å². The van der Waals surface area contributed by atoms with Crippen LogP contribution >= 0.6 is 0 Å². The van der Waals surface area contributed by atoms with Crippen LogP contribution in [0.4, 0.5) is 14.9 Å². The molecule has 3 N–H and O–H groups in total. The number of hydrogen-bond donors (Lipinski definition) is 3. The lowest BCUT2D eigenvalue weighted by Crippen LogP contribution is -2.50. The van der Waals surface area contributed by atoms with Gasteiger partial charge in [-0.2, -0.15) is 0 Å². The van der Waals surface area contributed by atoms with E-state index in [1.165, 1.54) is 18.2 Å². The number of aliphatic hydroxyl groups excluding tert-OH is 1. The third kappa shape index (κ3) is 5.23. The fraction of sp³-hybridized carbons (Fsp3) is 0.533. The maximum atomic E-state index is 13.3. The number of nitrogens with one attached hydrogen (secondary N) is 2. The third-order valence-corrected chi connectivity index (χ3v) is 3.20. The molecule has 0 fully saturated rings. The van der Waals surface area contributed by atoms with Gasteiger partial charge in [0.2, 0.25) is 0 Å². The molecule has 6 heteroatoms. The molecule has 1 atom stereocenters. The molecule has 1 rings (SSSR count). The molecule has 0 aliphatic heterocycles. The van der Waals surface area contributed by atoms with Gasteiger partial charge in [-0.25, -0.2) is 9.18 Å². The van der Waals surface area contributed by atoms with E-state index >= 15 is 0 Å². The van der Waals surface area contributed by atoms with Crippen molar-refractivity contribution in [2.24, 2.45) is 0 Å². The number of amides is 2. The van der Waals surface area contributed by atoms with Crippen molar-refractivity contribution in [2.45, 2.75) is 39.2 Å². The number of anilines is 1. The quantitative estimate of drug-likeness (QED) is 0.725. The lowest BCUT2D eigenvalue weighted by Gasteiger charge is -2.27. The maximum absolute atomic E-state index is 13.3. The zero-order chi connectivity index (χ0) is 15.9. The van der Waals surface area contributed by atoms with Crippen molar-refractivity contribution in [3.8, 4) is 5.75 Å². The molecule has 0 radical (unpaired) electrons. The van der Waals surface area contributed by atoms with Crippen molar-refractivity contribution in [3.05, 3.63) is 24.0 Å². The predicted molar refractivity (Wildman–Crippen MR) is 80.1 cm³/mol. The van der Waals surface area contributed by atoms with Gasteiger partial charge in [0.15, 0.2) is 0 Å². The average Bonchev–Trinajstić information content (AvgIpc) is 2.47. The molecule has 21 heavy (non-hydrogen) atoms. The number of urea groups is 1. The molecule has 1 aromatic carbocycles. The Labute approximate surface area is 124 Å². The molecule has 0 spiro atoms. The molecule has 0 heterocycles. The minimum Gasteiger partial charge on any atom is -0.491 e. The van der Waals surface area contributed by atoms with Crippen LogP contribution in [0.25, 0.3) is 0 Å². The first kappa shape index (κ1) is 17.2. The van der Waals surface area contributed by atoms with Crippen molar-refractivity contribution in [1.82, 2.24) is 5.32 Å². The molecule has 0 saturated carbocycles. The summed E-state index contributed by atoms with van der Waals surface area (Å²) in [5.41, 5.74) is -0.312. The Balaban J connectivity index is 2.79. The smallest absolute Gasteiger partial charge is 0.319 e. The summed E-state index contributed by atoms with van der Waals surface area (Å²) in [6.45, 7) is 5.81. The molecule has 0 bridgehead atoms. The summed E-state index contributed by atoms with van der Waals surface area (Å²) in [4.78, 5) is 12.0. The zero-order valence-electron chi connectivity index (χ0n) is 12.7. The highest BCUT2D eigenvalue weighted by atomic mass is 19.1. The Morgan fingerprint density at radius 3 is 2.71 bits per heavy atom. The Hall–Kier alpha value is -1.82. The van der Waals surface area contributed by atoms with E-state index in [-0.39, 0.29) is 12.4 Å². The van der Waals surface area contributed by atoms with Crippen molar-refractivity contribution >= 4 is 11.7 Å². The summed E-state index contributed by atoms with van der Waals surface area (Å²) in [7, 11) is 0. The molecule has 2 amide bonds. The molecule has 118 valence electrons. The Bertz CT molecular complexity index is 476. The molecule has 1 aromatic rings. The highest BCUT2D eigenvalue weighted by molar-refractivity contribution is 5.91. The summed E-state index contributed by atoms with van der Waals surface area (Å²) in [6.07, 6.45) is 1.36. The fourth-order valence-corrected chi connectivity index (χ4v) is 1.60. The summed E-state index contributed by atoms with van der Waals surface area (Å²) in [5.74, 6) is -0.144. The number of rotatable bonds is 7. The number of hydrogen-bond acceptors (Lipinski definition) is 3. The second kappa shape index (κ2) is 7.83. The first-order valence-electron chi connectivity index (χ1n) is 7.06. The molecule has 0 aliphatic rings. The SMILES string of the molecule is CCCOc1cc(F)ccc1NC(=O)NC(C)(CC)CO. The minimum absolute atomic E-state index is 0.167. The standard InChI is InChI=1S/C15H23FN2O3/c1-4-8-21-13-9-11(16)6-7-12(13)17-14(20)18-15(3,5-2)10-19/h6-7,9,19H,4-5,8,10H2,1-3H3,(H2,17,18,20). The number of carbonyl (C=O) groups excluding carboxylic acids is 1. The van der Waals surface area contributed by atoms with Gasteiger partial charge in [-0.15, -0.1) is 0 Å². The van der Waals surface area contributed by atoms with E-state index in [1.807, 2.05) is 13.8 Å². The second-order valence-electron chi connectivity index (χ2n) is 5.14. The van der Waals surface area contributed by atoms with Gasteiger partial charge < -0.3 is 20.5 Å². The van der Waals surface area contributed by atoms with Crippen molar-refractivity contribution in [1.29, 1.82) is 0 Å². The molecule has 5 nitrogen and oxygen atoms in total. The number of carbonyl (C=O) groups is 1. The van der Waals surface area contributed by atoms with Crippen LogP contribution in [0.5, 0.6) is 5.75 Å². The van der Waals surface area contributed by atoms with Crippen molar-refractivity contribution in [2.75, 3.05) is 18.5 Å². The Morgan fingerprint density at radius 2 is 2.14 bits per heavy atom. The Morgan fingerprint density at radius 1 is 1.43 bits per heavy atom. The van der Waals surface area contributed by atoms with Gasteiger partial charge in [0.1, 0.15) is 11.6 Å². The van der Waals surface area contributed by atoms with Crippen molar-refractivity contribution in [3.63, 3.8) is 0 Å². The average molecular weight is 298 g/mol. The first-order valence-corrected chi connectivity index (χ1v) is 7.06. The van der Waals surface area contributed by atoms with Crippen LogP contribution in [-0.4, -0.2) is 29.9 Å². The van der Waals surface area contributed by atoms with E-state index in [0.29, 0.717) is 18.7 Å². The molecule has 0 aliphatic carbocycles. The van der Waals surface area contributed by atoms with E-state index < -0.39 is 17.4 Å². The van der Waals surface area contributed by atoms with Gasteiger partial charge >= 0.3 is 6.03 Å². The second-order valence-corrected chi connectivity index (χ2v) is 5.14. The van der Waals surface area contributed by atoms with E-state index in [1.54, 1.807) is 6.92 Å². The predicted octanol–water partition coefficient (Wildman–Crippen LogP) is 2.90. The third-order valence-electron chi connectivity index (χ3n) is 3.20. The fourth-order valence-electron chi connectivity index (χ4n) is 1.60. The van der Waals surface area contributed by atoms with Crippen LogP contribution < -0.4 is 15.4 Å². The maximum Gasteiger partial charge on any atom is 0.319 e. The van der Waals surface area contributed by atoms with Gasteiger partial charge in [-0.05, 0) is 31.9 Å². The van der Waals surface area contributed by atoms with E-state index in [4.69, 9.17) is 4.74 Å². The van der Waals surface area contributed by atoms with E-state index in [0.717, 1.165) is 6.42 Å². The summed E-state index contributed by atoms with van der Waals surface area (Å²) < 4.78 is 18.7. The molecule has 0 saturated heterocycles. The largest absolute Gasteiger partial charge is 0.491 e. The summed E-state index contributed by atoms with van der Waals surface area (Å²) >= 11 is 0. The zero-order valence-corrected chi connectivity index (χ0v) is 12.7. The van der Waals surface area contributed by atoms with Crippen LogP contribution in [0.3, 0.4) is 0 Å². The van der Waals surface area contributed by atoms with Gasteiger partial charge in [-0.1, -0.05) is 13.8 Å².